The molecule has 6 heteroatoms. The molecule has 0 aromatic heterocycles. The molecule has 1 aliphatic rings. The van der Waals surface area contributed by atoms with Gasteiger partial charge in [0, 0.05) is 22.7 Å². The number of hydrogen-bond acceptors (Lipinski definition) is 3. The molecule has 0 aliphatic carbocycles. The van der Waals surface area contributed by atoms with E-state index in [0.717, 1.165) is 22.0 Å². The van der Waals surface area contributed by atoms with E-state index >= 15 is 0 Å². The van der Waals surface area contributed by atoms with Gasteiger partial charge < -0.3 is 4.90 Å². The maximum Gasteiger partial charge on any atom is 0.261 e. The maximum absolute atomic E-state index is 13.2. The first-order valence-corrected chi connectivity index (χ1v) is 11.9. The van der Waals surface area contributed by atoms with Crippen LogP contribution in [-0.4, -0.2) is 20.4 Å². The fourth-order valence-corrected chi connectivity index (χ4v) is 5.45. The van der Waals surface area contributed by atoms with Crippen molar-refractivity contribution in [2.45, 2.75) is 24.3 Å². The van der Waals surface area contributed by atoms with E-state index in [2.05, 4.69) is 4.72 Å². The third kappa shape index (κ3) is 3.52. The number of nitrogens with zero attached hydrogens (tertiary/aromatic N) is 1. The molecule has 0 saturated carbocycles. The Morgan fingerprint density at radius 2 is 1.62 bits per heavy atom. The van der Waals surface area contributed by atoms with E-state index < -0.39 is 10.0 Å². The first-order valence-electron chi connectivity index (χ1n) is 10.5. The number of benzene rings is 4. The van der Waals surface area contributed by atoms with E-state index in [4.69, 9.17) is 0 Å². The number of amides is 1. The maximum atomic E-state index is 13.2. The van der Waals surface area contributed by atoms with Gasteiger partial charge in [0.1, 0.15) is 0 Å². The van der Waals surface area contributed by atoms with Gasteiger partial charge in [0.25, 0.3) is 15.9 Å². The highest BCUT2D eigenvalue weighted by atomic mass is 32.2. The summed E-state index contributed by atoms with van der Waals surface area (Å²) in [5.41, 5.74) is 2.76. The molecular formula is C26H22N2O3S. The summed E-state index contributed by atoms with van der Waals surface area (Å²) >= 11 is 0. The summed E-state index contributed by atoms with van der Waals surface area (Å²) in [4.78, 5) is 15.0. The molecule has 0 fully saturated rings. The minimum atomic E-state index is -3.79. The Labute approximate surface area is 187 Å². The number of rotatable bonds is 4. The van der Waals surface area contributed by atoms with E-state index in [1.54, 1.807) is 41.3 Å². The van der Waals surface area contributed by atoms with Crippen LogP contribution >= 0.6 is 0 Å². The fraction of sp³-hybridized carbons (Fsp3) is 0.115. The van der Waals surface area contributed by atoms with Crippen LogP contribution in [0.15, 0.2) is 95.9 Å². The second kappa shape index (κ2) is 7.80. The van der Waals surface area contributed by atoms with Gasteiger partial charge in [-0.25, -0.2) is 8.42 Å². The number of hydrogen-bond donors (Lipinski definition) is 1. The van der Waals surface area contributed by atoms with Crippen LogP contribution in [0.4, 0.5) is 11.4 Å². The van der Waals surface area contributed by atoms with Crippen molar-refractivity contribution in [3.05, 3.63) is 102 Å². The molecule has 32 heavy (non-hydrogen) atoms. The smallest absolute Gasteiger partial charge is 0.261 e. The summed E-state index contributed by atoms with van der Waals surface area (Å²) in [6.07, 6.45) is 0.603. The van der Waals surface area contributed by atoms with Crippen molar-refractivity contribution in [3.8, 4) is 0 Å². The number of carbonyl (C=O) groups excluding carboxylic acids is 1. The van der Waals surface area contributed by atoms with Gasteiger partial charge >= 0.3 is 0 Å². The highest BCUT2D eigenvalue weighted by Crippen LogP contribution is 2.35. The molecule has 4 aromatic carbocycles. The normalized spacial score (nSPS) is 15.5. The lowest BCUT2D eigenvalue weighted by Crippen LogP contribution is -2.35. The van der Waals surface area contributed by atoms with Gasteiger partial charge in [-0.1, -0.05) is 54.6 Å². The molecule has 1 aliphatic heterocycles. The molecule has 0 bridgehead atoms. The van der Waals surface area contributed by atoms with Crippen LogP contribution in [-0.2, 0) is 16.4 Å². The average Bonchev–Trinajstić information content (AvgIpc) is 3.14. The molecule has 160 valence electrons. The Morgan fingerprint density at radius 1 is 0.906 bits per heavy atom. The number of nitrogens with one attached hydrogen (secondary N) is 1. The number of carbonyl (C=O) groups is 1. The molecule has 0 saturated heterocycles. The first-order chi connectivity index (χ1) is 15.4. The third-order valence-corrected chi connectivity index (χ3v) is 7.21. The number of sulfonamides is 1. The summed E-state index contributed by atoms with van der Waals surface area (Å²) in [6.45, 7) is 1.98. The SMILES string of the molecule is C[C@@H]1Cc2cc(S(=O)(=O)Nc3cccc4ccccc34)ccc2N1C(=O)c1ccccc1. The van der Waals surface area contributed by atoms with Gasteiger partial charge in [0.05, 0.1) is 10.6 Å². The van der Waals surface area contributed by atoms with Gasteiger partial charge in [-0.05, 0) is 60.7 Å². The summed E-state index contributed by atoms with van der Waals surface area (Å²) in [5, 5.41) is 1.80. The Kier molecular flexibility index (Phi) is 4.94. The lowest BCUT2D eigenvalue weighted by molar-refractivity contribution is 0.0981. The van der Waals surface area contributed by atoms with E-state index in [-0.39, 0.29) is 16.8 Å². The Bertz CT molecular complexity index is 1430. The molecule has 0 unspecified atom stereocenters. The van der Waals surface area contributed by atoms with Crippen molar-refractivity contribution >= 4 is 38.1 Å². The van der Waals surface area contributed by atoms with Crippen molar-refractivity contribution in [2.24, 2.45) is 0 Å². The van der Waals surface area contributed by atoms with Gasteiger partial charge in [-0.3, -0.25) is 9.52 Å². The fourth-order valence-electron chi connectivity index (χ4n) is 4.32. The molecule has 1 heterocycles. The first kappa shape index (κ1) is 20.3. The summed E-state index contributed by atoms with van der Waals surface area (Å²) in [6, 6.07) is 27.2. The largest absolute Gasteiger partial charge is 0.305 e. The third-order valence-electron chi connectivity index (χ3n) is 5.85. The van der Waals surface area contributed by atoms with Crippen molar-refractivity contribution in [1.82, 2.24) is 0 Å². The van der Waals surface area contributed by atoms with Crippen molar-refractivity contribution in [2.75, 3.05) is 9.62 Å². The molecule has 4 aromatic rings. The van der Waals surface area contributed by atoms with Crippen molar-refractivity contribution in [3.63, 3.8) is 0 Å². The second-order valence-electron chi connectivity index (χ2n) is 8.02. The summed E-state index contributed by atoms with van der Waals surface area (Å²) in [7, 11) is -3.79. The van der Waals surface area contributed by atoms with Crippen molar-refractivity contribution in [1.29, 1.82) is 0 Å². The van der Waals surface area contributed by atoms with Crippen LogP contribution in [0.2, 0.25) is 0 Å². The predicted octanol–water partition coefficient (Wildman–Crippen LogP) is 5.23. The molecule has 1 N–H and O–H groups in total. The summed E-state index contributed by atoms with van der Waals surface area (Å²) in [5.74, 6) is -0.0821. The molecule has 5 rings (SSSR count). The zero-order valence-electron chi connectivity index (χ0n) is 17.5. The lowest BCUT2D eigenvalue weighted by atomic mass is 10.1. The standard InChI is InChI=1S/C26H22N2O3S/c1-18-16-21-17-22(14-15-25(21)28(18)26(29)20-9-3-2-4-10-20)32(30,31)27-24-13-7-11-19-8-5-6-12-23(19)24/h2-15,17-18,27H,16H2,1H3/t18-/m1/s1. The highest BCUT2D eigenvalue weighted by Gasteiger charge is 2.32. The van der Waals surface area contributed by atoms with Gasteiger partial charge in [-0.15, -0.1) is 0 Å². The minimum absolute atomic E-state index is 0.0540. The van der Waals surface area contributed by atoms with E-state index in [1.807, 2.05) is 61.5 Å². The summed E-state index contributed by atoms with van der Waals surface area (Å²) < 4.78 is 29.1. The zero-order valence-corrected chi connectivity index (χ0v) is 18.3. The highest BCUT2D eigenvalue weighted by molar-refractivity contribution is 7.92. The quantitative estimate of drug-likeness (QED) is 0.470. The number of fused-ring (bicyclic) bond motifs is 2. The van der Waals surface area contributed by atoms with Gasteiger partial charge in [-0.2, -0.15) is 0 Å². The topological polar surface area (TPSA) is 66.5 Å². The average molecular weight is 443 g/mol. The molecule has 0 spiro atoms. The molecule has 1 atom stereocenters. The molecular weight excluding hydrogens is 420 g/mol. The zero-order chi connectivity index (χ0) is 22.3. The van der Waals surface area contributed by atoms with Crippen LogP contribution in [0.25, 0.3) is 10.8 Å². The van der Waals surface area contributed by atoms with Gasteiger partial charge in [0.2, 0.25) is 0 Å². The molecule has 1 amide bonds. The van der Waals surface area contributed by atoms with E-state index in [1.165, 1.54) is 0 Å². The Hall–Kier alpha value is -3.64. The monoisotopic (exact) mass is 442 g/mol. The van der Waals surface area contributed by atoms with Crippen LogP contribution in [0.5, 0.6) is 0 Å². The van der Waals surface area contributed by atoms with Crippen LogP contribution < -0.4 is 9.62 Å². The van der Waals surface area contributed by atoms with Crippen molar-refractivity contribution < 1.29 is 13.2 Å². The molecule has 0 radical (unpaired) electrons. The van der Waals surface area contributed by atoms with E-state index in [0.29, 0.717) is 17.7 Å². The predicted molar refractivity (Wildman–Crippen MR) is 128 cm³/mol. The second-order valence-corrected chi connectivity index (χ2v) is 9.70. The van der Waals surface area contributed by atoms with Crippen LogP contribution in [0, 0.1) is 0 Å². The lowest BCUT2D eigenvalue weighted by Gasteiger charge is -2.23. The van der Waals surface area contributed by atoms with Crippen LogP contribution in [0.3, 0.4) is 0 Å². The van der Waals surface area contributed by atoms with Gasteiger partial charge in [0.15, 0.2) is 0 Å². The Morgan fingerprint density at radius 3 is 2.44 bits per heavy atom. The van der Waals surface area contributed by atoms with Crippen LogP contribution in [0.1, 0.15) is 22.8 Å². The minimum Gasteiger partial charge on any atom is -0.305 e. The van der Waals surface area contributed by atoms with E-state index in [9.17, 15) is 13.2 Å². The number of anilines is 2. The molecule has 5 nitrogen and oxygen atoms in total. The Balaban J connectivity index is 1.47.